The fourth-order valence-corrected chi connectivity index (χ4v) is 3.51. The van der Waals surface area contributed by atoms with E-state index in [-0.39, 0.29) is 11.5 Å². The fraction of sp³-hybridized carbons (Fsp3) is 0.565. The molecule has 0 saturated heterocycles. The highest BCUT2D eigenvalue weighted by Gasteiger charge is 2.17. The third kappa shape index (κ3) is 6.11. The normalized spacial score (nSPS) is 11.0. The van der Waals surface area contributed by atoms with Crippen LogP contribution in [0.4, 0.5) is 5.69 Å². The number of rotatable bonds is 12. The Hall–Kier alpha value is -2.30. The number of aromatic nitrogens is 2. The zero-order valence-electron chi connectivity index (χ0n) is 17.7. The summed E-state index contributed by atoms with van der Waals surface area (Å²) >= 11 is 0. The molecule has 1 aromatic carbocycles. The Kier molecular flexibility index (Phi) is 9.05. The highest BCUT2D eigenvalue weighted by Crippen LogP contribution is 2.15. The van der Waals surface area contributed by atoms with Crippen molar-refractivity contribution < 1.29 is 4.79 Å². The van der Waals surface area contributed by atoms with E-state index in [1.165, 1.54) is 44.9 Å². The van der Waals surface area contributed by atoms with Gasteiger partial charge in [-0.3, -0.25) is 14.3 Å². The average molecular weight is 386 g/mol. The highest BCUT2D eigenvalue weighted by atomic mass is 16.2. The monoisotopic (exact) mass is 385 g/mol. The summed E-state index contributed by atoms with van der Waals surface area (Å²) < 4.78 is 3.37. The Morgan fingerprint density at radius 2 is 1.50 bits per heavy atom. The van der Waals surface area contributed by atoms with Gasteiger partial charge >= 0.3 is 0 Å². The molecule has 28 heavy (non-hydrogen) atoms. The lowest BCUT2D eigenvalue weighted by molar-refractivity contribution is -0.116. The number of hydrogen-bond acceptors (Lipinski definition) is 2. The van der Waals surface area contributed by atoms with Gasteiger partial charge in [-0.15, -0.1) is 0 Å². The van der Waals surface area contributed by atoms with Crippen molar-refractivity contribution in [2.45, 2.75) is 78.1 Å². The molecule has 1 heterocycles. The van der Waals surface area contributed by atoms with Gasteiger partial charge in [0.15, 0.2) is 0 Å². The predicted molar refractivity (Wildman–Crippen MR) is 116 cm³/mol. The largest absolute Gasteiger partial charge is 0.320 e. The summed E-state index contributed by atoms with van der Waals surface area (Å²) in [6.07, 6.45) is 11.4. The van der Waals surface area contributed by atoms with Crippen LogP contribution in [0.1, 0.15) is 76.8 Å². The lowest BCUT2D eigenvalue weighted by atomic mass is 10.1. The van der Waals surface area contributed by atoms with Gasteiger partial charge in [0, 0.05) is 13.5 Å². The number of carbonyl (C=O) groups is 1. The van der Waals surface area contributed by atoms with Crippen molar-refractivity contribution in [2.75, 3.05) is 5.32 Å². The van der Waals surface area contributed by atoms with Crippen molar-refractivity contribution in [3.63, 3.8) is 0 Å². The van der Waals surface area contributed by atoms with E-state index >= 15 is 0 Å². The molecule has 154 valence electrons. The van der Waals surface area contributed by atoms with E-state index in [4.69, 9.17) is 0 Å². The maximum Gasteiger partial charge on any atom is 0.295 e. The van der Waals surface area contributed by atoms with Crippen LogP contribution >= 0.6 is 0 Å². The van der Waals surface area contributed by atoms with Crippen molar-refractivity contribution in [1.29, 1.82) is 0 Å². The minimum atomic E-state index is -0.188. The maximum absolute atomic E-state index is 12.8. The van der Waals surface area contributed by atoms with Crippen LogP contribution in [0.3, 0.4) is 0 Å². The second-order valence-electron chi connectivity index (χ2n) is 7.56. The van der Waals surface area contributed by atoms with Gasteiger partial charge in [0.1, 0.15) is 5.69 Å². The van der Waals surface area contributed by atoms with Crippen molar-refractivity contribution in [3.05, 3.63) is 46.4 Å². The fourth-order valence-electron chi connectivity index (χ4n) is 3.51. The quantitative estimate of drug-likeness (QED) is 0.501. The standard InChI is InChI=1S/C23H35N3O2/c1-4-5-6-7-8-9-10-11-15-18-21(27)24-22-19(2)25(3)26(23(22)28)20-16-13-12-14-17-20/h12-14,16-17H,4-11,15,18H2,1-3H3,(H,24,27). The minimum absolute atomic E-state index is 0.0750. The lowest BCUT2D eigenvalue weighted by Gasteiger charge is -2.07. The van der Waals surface area contributed by atoms with Gasteiger partial charge in [-0.25, -0.2) is 4.68 Å². The first kappa shape index (κ1) is 22.0. The molecule has 2 aromatic rings. The molecule has 1 N–H and O–H groups in total. The summed E-state index contributed by atoms with van der Waals surface area (Å²) in [4.78, 5) is 25.1. The molecule has 1 amide bonds. The van der Waals surface area contributed by atoms with Crippen LogP contribution in [-0.2, 0) is 11.8 Å². The van der Waals surface area contributed by atoms with Gasteiger partial charge in [-0.05, 0) is 25.5 Å². The maximum atomic E-state index is 12.8. The van der Waals surface area contributed by atoms with Crippen LogP contribution in [0.5, 0.6) is 0 Å². The van der Waals surface area contributed by atoms with Crippen LogP contribution < -0.4 is 10.9 Å². The van der Waals surface area contributed by atoms with Gasteiger partial charge in [-0.2, -0.15) is 0 Å². The van der Waals surface area contributed by atoms with Crippen LogP contribution in [0.2, 0.25) is 0 Å². The molecule has 0 fully saturated rings. The van der Waals surface area contributed by atoms with E-state index in [9.17, 15) is 9.59 Å². The molecule has 5 heteroatoms. The molecule has 1 aromatic heterocycles. The zero-order valence-corrected chi connectivity index (χ0v) is 17.7. The third-order valence-corrected chi connectivity index (χ3v) is 5.33. The van der Waals surface area contributed by atoms with Crippen LogP contribution in [0.25, 0.3) is 5.69 Å². The number of nitrogens with zero attached hydrogens (tertiary/aromatic N) is 2. The van der Waals surface area contributed by atoms with Crippen molar-refractivity contribution >= 4 is 11.6 Å². The Bertz CT molecular complexity index is 790. The van der Waals surface area contributed by atoms with E-state index < -0.39 is 0 Å². The van der Waals surface area contributed by atoms with E-state index in [2.05, 4.69) is 12.2 Å². The van der Waals surface area contributed by atoms with Crippen LogP contribution in [0.15, 0.2) is 35.1 Å². The van der Waals surface area contributed by atoms with Gasteiger partial charge in [0.25, 0.3) is 5.56 Å². The molecule has 0 radical (unpaired) electrons. The van der Waals surface area contributed by atoms with Crippen LogP contribution in [-0.4, -0.2) is 15.3 Å². The lowest BCUT2D eigenvalue weighted by Crippen LogP contribution is -2.22. The van der Waals surface area contributed by atoms with Crippen LogP contribution in [0, 0.1) is 6.92 Å². The second-order valence-corrected chi connectivity index (χ2v) is 7.56. The molecule has 0 aliphatic heterocycles. The minimum Gasteiger partial charge on any atom is -0.320 e. The number of nitrogens with one attached hydrogen (secondary N) is 1. The van der Waals surface area contributed by atoms with E-state index in [1.54, 1.807) is 9.36 Å². The Morgan fingerprint density at radius 1 is 0.929 bits per heavy atom. The Morgan fingerprint density at radius 3 is 2.11 bits per heavy atom. The van der Waals surface area contributed by atoms with Gasteiger partial charge in [-0.1, -0.05) is 76.5 Å². The summed E-state index contributed by atoms with van der Waals surface area (Å²) in [6, 6.07) is 9.47. The summed E-state index contributed by atoms with van der Waals surface area (Å²) in [7, 11) is 1.83. The SMILES string of the molecule is CCCCCCCCCCCC(=O)Nc1c(C)n(C)n(-c2ccccc2)c1=O. The first-order chi connectivity index (χ1) is 13.6. The highest BCUT2D eigenvalue weighted by molar-refractivity contribution is 5.91. The predicted octanol–water partition coefficient (Wildman–Crippen LogP) is 5.34. The number of carbonyl (C=O) groups excluding carboxylic acids is 1. The Labute approximate surface area is 168 Å². The average Bonchev–Trinajstić information content (AvgIpc) is 2.90. The number of para-hydroxylation sites is 1. The molecule has 0 unspecified atom stereocenters. The van der Waals surface area contributed by atoms with Crippen molar-refractivity contribution in [3.8, 4) is 5.69 Å². The summed E-state index contributed by atoms with van der Waals surface area (Å²) in [5, 5.41) is 2.84. The van der Waals surface area contributed by atoms with Crippen molar-refractivity contribution in [1.82, 2.24) is 9.36 Å². The molecule has 0 spiro atoms. The van der Waals surface area contributed by atoms with E-state index in [1.807, 2.05) is 44.3 Å². The van der Waals surface area contributed by atoms with E-state index in [0.717, 1.165) is 24.2 Å². The first-order valence-electron chi connectivity index (χ1n) is 10.7. The topological polar surface area (TPSA) is 56.0 Å². The summed E-state index contributed by atoms with van der Waals surface area (Å²) in [5.41, 5.74) is 1.74. The molecule has 0 bridgehead atoms. The molecule has 0 atom stereocenters. The molecule has 0 saturated carbocycles. The van der Waals surface area contributed by atoms with Crippen molar-refractivity contribution in [2.24, 2.45) is 7.05 Å². The number of amides is 1. The third-order valence-electron chi connectivity index (χ3n) is 5.33. The number of benzene rings is 1. The smallest absolute Gasteiger partial charge is 0.295 e. The molecule has 0 aliphatic rings. The second kappa shape index (κ2) is 11.5. The zero-order chi connectivity index (χ0) is 20.4. The number of unbranched alkanes of at least 4 members (excludes halogenated alkanes) is 8. The van der Waals surface area contributed by atoms with Gasteiger partial charge < -0.3 is 5.32 Å². The first-order valence-corrected chi connectivity index (χ1v) is 10.7. The summed E-state index contributed by atoms with van der Waals surface area (Å²) in [5.74, 6) is -0.0750. The molecule has 0 aliphatic carbocycles. The molecular weight excluding hydrogens is 350 g/mol. The number of hydrogen-bond donors (Lipinski definition) is 1. The van der Waals surface area contributed by atoms with Gasteiger partial charge in [0.2, 0.25) is 5.91 Å². The molecule has 2 rings (SSSR count). The Balaban J connectivity index is 1.81. The summed E-state index contributed by atoms with van der Waals surface area (Å²) in [6.45, 7) is 4.09. The van der Waals surface area contributed by atoms with E-state index in [0.29, 0.717) is 12.1 Å². The van der Waals surface area contributed by atoms with Gasteiger partial charge in [0.05, 0.1) is 11.4 Å². The molecule has 5 nitrogen and oxygen atoms in total. The number of anilines is 1. The molecular formula is C23H35N3O2.